The molecule has 2 nitrogen and oxygen atoms in total. The monoisotopic (exact) mass is 299 g/mol. The number of hydrogen-bond acceptors (Lipinski definition) is 2. The summed E-state index contributed by atoms with van der Waals surface area (Å²) >= 11 is 0. The highest BCUT2D eigenvalue weighted by molar-refractivity contribution is 5.47. The summed E-state index contributed by atoms with van der Waals surface area (Å²) in [4.78, 5) is 0. The van der Waals surface area contributed by atoms with Crippen LogP contribution in [0, 0.1) is 5.82 Å². The maximum Gasteiger partial charge on any atom is 0.416 e. The number of halogens is 4. The van der Waals surface area contributed by atoms with Crippen LogP contribution in [0.1, 0.15) is 11.1 Å². The Bertz CT molecular complexity index is 608. The first-order chi connectivity index (χ1) is 9.86. The average molecular weight is 299 g/mol. The van der Waals surface area contributed by atoms with Gasteiger partial charge in [0.15, 0.2) is 0 Å². The summed E-state index contributed by atoms with van der Waals surface area (Å²) in [6, 6.07) is 8.91. The molecule has 0 radical (unpaired) electrons. The summed E-state index contributed by atoms with van der Waals surface area (Å²) in [6.07, 6.45) is -3.99. The number of phenols is 1. The maximum atomic E-state index is 13.6. The molecular weight excluding hydrogens is 286 g/mol. The van der Waals surface area contributed by atoms with Gasteiger partial charge in [-0.1, -0.05) is 12.1 Å². The van der Waals surface area contributed by atoms with Crippen LogP contribution in [0.25, 0.3) is 0 Å². The Balaban J connectivity index is 1.96. The third-order valence-corrected chi connectivity index (χ3v) is 2.96. The lowest BCUT2D eigenvalue weighted by molar-refractivity contribution is -0.137. The quantitative estimate of drug-likeness (QED) is 0.829. The molecule has 2 aromatic rings. The van der Waals surface area contributed by atoms with Gasteiger partial charge in [-0.15, -0.1) is 0 Å². The van der Waals surface area contributed by atoms with Crippen LogP contribution in [0.15, 0.2) is 42.5 Å². The van der Waals surface area contributed by atoms with Gasteiger partial charge >= 0.3 is 6.18 Å². The average Bonchev–Trinajstić information content (AvgIpc) is 2.41. The molecule has 0 saturated carbocycles. The number of anilines is 1. The zero-order chi connectivity index (χ0) is 15.5. The van der Waals surface area contributed by atoms with Gasteiger partial charge in [0, 0.05) is 6.54 Å². The molecule has 0 bridgehead atoms. The Hall–Kier alpha value is -2.24. The van der Waals surface area contributed by atoms with Crippen LogP contribution < -0.4 is 5.32 Å². The van der Waals surface area contributed by atoms with Gasteiger partial charge in [-0.3, -0.25) is 0 Å². The highest BCUT2D eigenvalue weighted by Crippen LogP contribution is 2.31. The topological polar surface area (TPSA) is 32.3 Å². The molecule has 0 amide bonds. The Morgan fingerprint density at radius 1 is 1.00 bits per heavy atom. The molecule has 2 N–H and O–H groups in total. The van der Waals surface area contributed by atoms with E-state index in [1.807, 2.05) is 0 Å². The molecule has 2 aromatic carbocycles. The number of nitrogens with one attached hydrogen (secondary N) is 1. The molecule has 21 heavy (non-hydrogen) atoms. The van der Waals surface area contributed by atoms with E-state index in [0.717, 1.165) is 17.7 Å². The van der Waals surface area contributed by atoms with Crippen molar-refractivity contribution < 1.29 is 22.7 Å². The van der Waals surface area contributed by atoms with Crippen LogP contribution in [0.5, 0.6) is 5.75 Å². The molecule has 0 heterocycles. The number of alkyl halides is 3. The highest BCUT2D eigenvalue weighted by Gasteiger charge is 2.31. The van der Waals surface area contributed by atoms with Gasteiger partial charge in [-0.2, -0.15) is 13.2 Å². The van der Waals surface area contributed by atoms with Gasteiger partial charge in [-0.25, -0.2) is 4.39 Å². The van der Waals surface area contributed by atoms with E-state index < -0.39 is 17.6 Å². The predicted molar refractivity (Wildman–Crippen MR) is 71.7 cm³/mol. The SMILES string of the molecule is Oc1ccc(CCNc2ccc(C(F)(F)F)cc2F)cc1. The minimum absolute atomic E-state index is 0.0294. The Kier molecular flexibility index (Phi) is 4.35. The second kappa shape index (κ2) is 6.03. The third kappa shape index (κ3) is 4.11. The van der Waals surface area contributed by atoms with Gasteiger partial charge < -0.3 is 10.4 Å². The largest absolute Gasteiger partial charge is 0.508 e. The summed E-state index contributed by atoms with van der Waals surface area (Å²) in [6.45, 7) is 0.368. The first-order valence-electron chi connectivity index (χ1n) is 6.25. The number of hydrogen-bond donors (Lipinski definition) is 2. The van der Waals surface area contributed by atoms with Crippen LogP contribution in [-0.2, 0) is 12.6 Å². The van der Waals surface area contributed by atoms with Crippen LogP contribution in [0.2, 0.25) is 0 Å². The second-order valence-electron chi connectivity index (χ2n) is 4.54. The van der Waals surface area contributed by atoms with Crippen molar-refractivity contribution in [1.82, 2.24) is 0 Å². The van der Waals surface area contributed by atoms with E-state index in [-0.39, 0.29) is 11.4 Å². The standard InChI is InChI=1S/C15H13F4NO/c16-13-9-11(15(17,18)19)3-6-14(13)20-8-7-10-1-4-12(21)5-2-10/h1-6,9,20-21H,7-8H2. The Morgan fingerprint density at radius 2 is 1.67 bits per heavy atom. The van der Waals surface area contributed by atoms with E-state index in [1.54, 1.807) is 12.1 Å². The molecule has 6 heteroatoms. The molecule has 0 aliphatic rings. The van der Waals surface area contributed by atoms with Crippen molar-refractivity contribution in [2.24, 2.45) is 0 Å². The molecule has 0 fully saturated rings. The molecule has 0 atom stereocenters. The summed E-state index contributed by atoms with van der Waals surface area (Å²) < 4.78 is 50.8. The molecule has 0 unspecified atom stereocenters. The fraction of sp³-hybridized carbons (Fsp3) is 0.200. The van der Waals surface area contributed by atoms with Gasteiger partial charge in [0.25, 0.3) is 0 Å². The molecule has 0 aliphatic carbocycles. The van der Waals surface area contributed by atoms with Gasteiger partial charge in [0.2, 0.25) is 0 Å². The van der Waals surface area contributed by atoms with Crippen LogP contribution in [0.4, 0.5) is 23.2 Å². The molecule has 0 aliphatic heterocycles. The molecular formula is C15H13F4NO. The van der Waals surface area contributed by atoms with E-state index in [4.69, 9.17) is 5.11 Å². The summed E-state index contributed by atoms with van der Waals surface area (Å²) in [5, 5.41) is 11.9. The van der Waals surface area contributed by atoms with Crippen molar-refractivity contribution in [2.75, 3.05) is 11.9 Å². The first-order valence-corrected chi connectivity index (χ1v) is 6.25. The predicted octanol–water partition coefficient (Wildman–Crippen LogP) is 4.20. The lowest BCUT2D eigenvalue weighted by Crippen LogP contribution is -2.09. The lowest BCUT2D eigenvalue weighted by Gasteiger charge is -2.11. The van der Waals surface area contributed by atoms with E-state index in [0.29, 0.717) is 19.0 Å². The summed E-state index contributed by atoms with van der Waals surface area (Å²) in [5.41, 5.74) is -0.0570. The Labute approximate surface area is 119 Å². The smallest absolute Gasteiger partial charge is 0.416 e. The van der Waals surface area contributed by atoms with Crippen molar-refractivity contribution in [2.45, 2.75) is 12.6 Å². The molecule has 0 aromatic heterocycles. The van der Waals surface area contributed by atoms with Gasteiger partial charge in [0.05, 0.1) is 11.3 Å². The molecule has 0 saturated heterocycles. The summed E-state index contributed by atoms with van der Waals surface area (Å²) in [5.74, 6) is -0.781. The minimum Gasteiger partial charge on any atom is -0.508 e. The van der Waals surface area contributed by atoms with E-state index >= 15 is 0 Å². The minimum atomic E-state index is -4.55. The Morgan fingerprint density at radius 3 is 2.24 bits per heavy atom. The van der Waals surface area contributed by atoms with Crippen molar-refractivity contribution in [1.29, 1.82) is 0 Å². The molecule has 112 valence electrons. The van der Waals surface area contributed by atoms with E-state index in [1.165, 1.54) is 12.1 Å². The van der Waals surface area contributed by atoms with Crippen molar-refractivity contribution in [3.05, 3.63) is 59.4 Å². The fourth-order valence-corrected chi connectivity index (χ4v) is 1.84. The zero-order valence-corrected chi connectivity index (χ0v) is 10.9. The molecule has 2 rings (SSSR count). The third-order valence-electron chi connectivity index (χ3n) is 2.96. The second-order valence-corrected chi connectivity index (χ2v) is 4.54. The van der Waals surface area contributed by atoms with Gasteiger partial charge in [-0.05, 0) is 42.3 Å². The van der Waals surface area contributed by atoms with Crippen LogP contribution in [-0.4, -0.2) is 11.7 Å². The first kappa shape index (κ1) is 15.2. The van der Waals surface area contributed by atoms with Crippen LogP contribution >= 0.6 is 0 Å². The number of aromatic hydroxyl groups is 1. The van der Waals surface area contributed by atoms with E-state index in [9.17, 15) is 17.6 Å². The zero-order valence-electron chi connectivity index (χ0n) is 10.9. The van der Waals surface area contributed by atoms with Crippen molar-refractivity contribution >= 4 is 5.69 Å². The molecule has 0 spiro atoms. The van der Waals surface area contributed by atoms with Crippen molar-refractivity contribution in [3.63, 3.8) is 0 Å². The fourth-order valence-electron chi connectivity index (χ4n) is 1.84. The summed E-state index contributed by atoms with van der Waals surface area (Å²) in [7, 11) is 0. The van der Waals surface area contributed by atoms with Crippen LogP contribution in [0.3, 0.4) is 0 Å². The number of rotatable bonds is 4. The van der Waals surface area contributed by atoms with Crippen molar-refractivity contribution in [3.8, 4) is 5.75 Å². The number of benzene rings is 2. The van der Waals surface area contributed by atoms with Gasteiger partial charge in [0.1, 0.15) is 11.6 Å². The normalized spacial score (nSPS) is 11.4. The highest BCUT2D eigenvalue weighted by atomic mass is 19.4. The van der Waals surface area contributed by atoms with E-state index in [2.05, 4.69) is 5.32 Å². The number of phenolic OH excluding ortho intramolecular Hbond substituents is 1. The maximum absolute atomic E-state index is 13.6. The lowest BCUT2D eigenvalue weighted by atomic mass is 10.1.